The predicted octanol–water partition coefficient (Wildman–Crippen LogP) is 4.18. The van der Waals surface area contributed by atoms with Crippen molar-refractivity contribution in [3.63, 3.8) is 0 Å². The Kier molecular flexibility index (Phi) is 3.69. The fraction of sp³-hybridized carbons (Fsp3) is 0.200. The van der Waals surface area contributed by atoms with Gasteiger partial charge in [-0.1, -0.05) is 41.4 Å². The molecule has 0 amide bonds. The maximum absolute atomic E-state index is 14.0. The predicted molar refractivity (Wildman–Crippen MR) is 71.4 cm³/mol. The van der Waals surface area contributed by atoms with Crippen LogP contribution in [0.1, 0.15) is 28.4 Å². The lowest BCUT2D eigenvalue weighted by Gasteiger charge is -2.14. The van der Waals surface area contributed by atoms with E-state index < -0.39 is 11.9 Å². The summed E-state index contributed by atoms with van der Waals surface area (Å²) in [4.78, 5) is 0. The lowest BCUT2D eigenvalue weighted by atomic mass is 9.98. The number of rotatable bonds is 2. The Morgan fingerprint density at radius 2 is 1.89 bits per heavy atom. The van der Waals surface area contributed by atoms with Gasteiger partial charge in [-0.05, 0) is 37.1 Å². The Morgan fingerprint density at radius 1 is 1.17 bits per heavy atom. The van der Waals surface area contributed by atoms with E-state index in [4.69, 9.17) is 11.6 Å². The zero-order valence-electron chi connectivity index (χ0n) is 10.2. The molecule has 1 atom stereocenters. The van der Waals surface area contributed by atoms with E-state index in [1.807, 2.05) is 25.1 Å². The van der Waals surface area contributed by atoms with E-state index in [1.165, 1.54) is 6.07 Å². The normalized spacial score (nSPS) is 12.5. The molecule has 2 aromatic rings. The molecule has 94 valence electrons. The second-order valence-corrected chi connectivity index (χ2v) is 4.88. The number of aryl methyl sites for hydroxylation is 2. The lowest BCUT2D eigenvalue weighted by molar-refractivity contribution is 0.214. The van der Waals surface area contributed by atoms with E-state index in [0.717, 1.165) is 5.56 Å². The van der Waals surface area contributed by atoms with E-state index in [0.29, 0.717) is 16.1 Å². The van der Waals surface area contributed by atoms with Crippen molar-refractivity contribution < 1.29 is 9.50 Å². The maximum Gasteiger partial charge on any atom is 0.132 e. The quantitative estimate of drug-likeness (QED) is 0.863. The highest BCUT2D eigenvalue weighted by Crippen LogP contribution is 2.29. The Hall–Kier alpha value is -1.38. The topological polar surface area (TPSA) is 20.2 Å². The fourth-order valence-corrected chi connectivity index (χ4v) is 2.25. The van der Waals surface area contributed by atoms with Crippen LogP contribution in [0.25, 0.3) is 0 Å². The number of aliphatic hydroxyl groups excluding tert-OH is 1. The minimum atomic E-state index is -0.998. The van der Waals surface area contributed by atoms with Crippen molar-refractivity contribution in [3.8, 4) is 0 Å². The third-order valence-corrected chi connectivity index (χ3v) is 3.12. The molecule has 3 heteroatoms. The average molecular weight is 265 g/mol. The van der Waals surface area contributed by atoms with Crippen LogP contribution in [-0.4, -0.2) is 5.11 Å². The smallest absolute Gasteiger partial charge is 0.132 e. The minimum absolute atomic E-state index is 0.214. The molecule has 0 radical (unpaired) electrons. The molecule has 0 aliphatic carbocycles. The van der Waals surface area contributed by atoms with Crippen LogP contribution in [0.4, 0.5) is 4.39 Å². The molecule has 2 aromatic carbocycles. The summed E-state index contributed by atoms with van der Waals surface area (Å²) in [5.41, 5.74) is 2.33. The minimum Gasteiger partial charge on any atom is -0.384 e. The third-order valence-electron chi connectivity index (χ3n) is 2.90. The van der Waals surface area contributed by atoms with Gasteiger partial charge in [0, 0.05) is 10.6 Å². The van der Waals surface area contributed by atoms with Crippen molar-refractivity contribution in [3.05, 3.63) is 69.5 Å². The Labute approximate surface area is 111 Å². The molecule has 0 saturated carbocycles. The molecule has 0 heterocycles. The van der Waals surface area contributed by atoms with E-state index in [-0.39, 0.29) is 5.56 Å². The molecule has 0 aliphatic heterocycles. The highest BCUT2D eigenvalue weighted by molar-refractivity contribution is 6.30. The summed E-state index contributed by atoms with van der Waals surface area (Å²) in [5.74, 6) is -0.409. The SMILES string of the molecule is Cc1cccc(C(O)c2cc(Cl)cc(C)c2F)c1. The van der Waals surface area contributed by atoms with Crippen molar-refractivity contribution in [2.24, 2.45) is 0 Å². The summed E-state index contributed by atoms with van der Waals surface area (Å²) in [5, 5.41) is 10.7. The molecule has 1 unspecified atom stereocenters. The zero-order valence-corrected chi connectivity index (χ0v) is 11.0. The molecular weight excluding hydrogens is 251 g/mol. The van der Waals surface area contributed by atoms with Gasteiger partial charge in [-0.2, -0.15) is 0 Å². The lowest BCUT2D eigenvalue weighted by Crippen LogP contribution is -2.04. The van der Waals surface area contributed by atoms with Gasteiger partial charge >= 0.3 is 0 Å². The molecular formula is C15H14ClFO. The molecule has 0 aliphatic rings. The summed E-state index contributed by atoms with van der Waals surface area (Å²) in [7, 11) is 0. The summed E-state index contributed by atoms with van der Waals surface area (Å²) in [6.07, 6.45) is -0.998. The Balaban J connectivity index is 2.49. The van der Waals surface area contributed by atoms with Crippen LogP contribution < -0.4 is 0 Å². The van der Waals surface area contributed by atoms with Crippen LogP contribution >= 0.6 is 11.6 Å². The Bertz CT molecular complexity index is 581. The number of hydrogen-bond acceptors (Lipinski definition) is 1. The number of benzene rings is 2. The first kappa shape index (κ1) is 13.1. The summed E-state index contributed by atoms with van der Waals surface area (Å²) in [6.45, 7) is 3.56. The standard InChI is InChI=1S/C15H14ClFO/c1-9-4-3-5-11(6-9)15(18)13-8-12(16)7-10(2)14(13)17/h3-8,15,18H,1-2H3. The first-order valence-electron chi connectivity index (χ1n) is 5.69. The van der Waals surface area contributed by atoms with Gasteiger partial charge in [-0.25, -0.2) is 4.39 Å². The van der Waals surface area contributed by atoms with Gasteiger partial charge in [0.15, 0.2) is 0 Å². The van der Waals surface area contributed by atoms with Crippen molar-refractivity contribution >= 4 is 11.6 Å². The highest BCUT2D eigenvalue weighted by Gasteiger charge is 2.17. The van der Waals surface area contributed by atoms with Crippen LogP contribution in [0.2, 0.25) is 5.02 Å². The summed E-state index contributed by atoms with van der Waals surface area (Å²) >= 11 is 5.91. The van der Waals surface area contributed by atoms with E-state index in [1.54, 1.807) is 19.1 Å². The van der Waals surface area contributed by atoms with Crippen LogP contribution in [-0.2, 0) is 0 Å². The van der Waals surface area contributed by atoms with E-state index in [9.17, 15) is 9.50 Å². The summed E-state index contributed by atoms with van der Waals surface area (Å²) in [6, 6.07) is 10.4. The van der Waals surface area contributed by atoms with Gasteiger partial charge in [0.2, 0.25) is 0 Å². The molecule has 0 saturated heterocycles. The highest BCUT2D eigenvalue weighted by atomic mass is 35.5. The molecule has 2 rings (SSSR count). The second kappa shape index (κ2) is 5.09. The van der Waals surface area contributed by atoms with Crippen molar-refractivity contribution in [2.75, 3.05) is 0 Å². The Morgan fingerprint density at radius 3 is 2.56 bits per heavy atom. The average Bonchev–Trinajstić information content (AvgIpc) is 2.33. The number of halogens is 2. The third kappa shape index (κ3) is 2.55. The molecule has 18 heavy (non-hydrogen) atoms. The number of aliphatic hydroxyl groups is 1. The fourth-order valence-electron chi connectivity index (χ4n) is 1.97. The van der Waals surface area contributed by atoms with Gasteiger partial charge in [-0.15, -0.1) is 0 Å². The van der Waals surface area contributed by atoms with Crippen molar-refractivity contribution in [2.45, 2.75) is 20.0 Å². The molecule has 1 N–H and O–H groups in total. The molecule has 0 bridgehead atoms. The van der Waals surface area contributed by atoms with Crippen molar-refractivity contribution in [1.82, 2.24) is 0 Å². The zero-order chi connectivity index (χ0) is 13.3. The molecule has 1 nitrogen and oxygen atoms in total. The van der Waals surface area contributed by atoms with Crippen LogP contribution in [0.5, 0.6) is 0 Å². The van der Waals surface area contributed by atoms with Gasteiger partial charge < -0.3 is 5.11 Å². The monoisotopic (exact) mass is 264 g/mol. The van der Waals surface area contributed by atoms with Crippen LogP contribution in [0.3, 0.4) is 0 Å². The van der Waals surface area contributed by atoms with Gasteiger partial charge in [0.1, 0.15) is 11.9 Å². The second-order valence-electron chi connectivity index (χ2n) is 4.44. The first-order chi connectivity index (χ1) is 8.49. The number of hydrogen-bond donors (Lipinski definition) is 1. The van der Waals surface area contributed by atoms with E-state index >= 15 is 0 Å². The van der Waals surface area contributed by atoms with Crippen molar-refractivity contribution in [1.29, 1.82) is 0 Å². The summed E-state index contributed by atoms with van der Waals surface area (Å²) < 4.78 is 14.0. The van der Waals surface area contributed by atoms with Crippen LogP contribution in [0.15, 0.2) is 36.4 Å². The molecule has 0 fully saturated rings. The molecule has 0 spiro atoms. The molecule has 0 aromatic heterocycles. The largest absolute Gasteiger partial charge is 0.384 e. The maximum atomic E-state index is 14.0. The first-order valence-corrected chi connectivity index (χ1v) is 6.07. The van der Waals surface area contributed by atoms with Gasteiger partial charge in [-0.3, -0.25) is 0 Å². The van der Waals surface area contributed by atoms with Crippen LogP contribution in [0, 0.1) is 19.7 Å². The van der Waals surface area contributed by atoms with E-state index in [2.05, 4.69) is 0 Å². The van der Waals surface area contributed by atoms with Gasteiger partial charge in [0.05, 0.1) is 0 Å². The van der Waals surface area contributed by atoms with Gasteiger partial charge in [0.25, 0.3) is 0 Å².